The predicted molar refractivity (Wildman–Crippen MR) is 94.5 cm³/mol. The molecule has 0 aromatic carbocycles. The maximum Gasteiger partial charge on any atom is 0.194 e. The third-order valence-electron chi connectivity index (χ3n) is 4.23. The maximum absolute atomic E-state index is 4.72. The molecule has 23 heavy (non-hydrogen) atoms. The molecule has 0 unspecified atom stereocenters. The fourth-order valence-electron chi connectivity index (χ4n) is 2.73. The number of nitrogens with zero attached hydrogens (tertiary/aromatic N) is 5. The van der Waals surface area contributed by atoms with Crippen molar-refractivity contribution in [3.8, 4) is 0 Å². The molecule has 0 atom stereocenters. The molecule has 2 rings (SSSR count). The highest BCUT2D eigenvalue weighted by Crippen LogP contribution is 2.16. The minimum absolute atomic E-state index is 0.682. The van der Waals surface area contributed by atoms with Crippen molar-refractivity contribution in [1.29, 1.82) is 0 Å². The molecule has 1 aliphatic heterocycles. The molecule has 0 radical (unpaired) electrons. The Morgan fingerprint density at radius 3 is 2.83 bits per heavy atom. The molecule has 6 heteroatoms. The van der Waals surface area contributed by atoms with E-state index in [1.165, 1.54) is 12.8 Å². The van der Waals surface area contributed by atoms with Crippen LogP contribution in [0.25, 0.3) is 0 Å². The van der Waals surface area contributed by atoms with E-state index in [2.05, 4.69) is 45.4 Å². The van der Waals surface area contributed by atoms with E-state index in [0.717, 1.165) is 55.9 Å². The van der Waals surface area contributed by atoms with E-state index in [9.17, 15) is 0 Å². The normalized spacial score (nSPS) is 16.7. The van der Waals surface area contributed by atoms with E-state index in [4.69, 9.17) is 4.99 Å². The van der Waals surface area contributed by atoms with Crippen LogP contribution < -0.4 is 5.32 Å². The standard InChI is InChI=1S/C17H30N6/c1-5-16-21-20-13-23(16)11-8-18-17(19-12-14(2)3)22-9-6-15(4)7-10-22/h13,15H,2,5-12H2,1,3-4H3,(H,18,19). The molecule has 0 aliphatic carbocycles. The van der Waals surface area contributed by atoms with Crippen molar-refractivity contribution in [2.24, 2.45) is 10.9 Å². The molecule has 1 aromatic rings. The molecule has 128 valence electrons. The van der Waals surface area contributed by atoms with Crippen LogP contribution in [0.1, 0.15) is 39.4 Å². The molecule has 1 saturated heterocycles. The summed E-state index contributed by atoms with van der Waals surface area (Å²) in [6, 6.07) is 0. The summed E-state index contributed by atoms with van der Waals surface area (Å²) in [5.74, 6) is 2.85. The van der Waals surface area contributed by atoms with Crippen LogP contribution in [0.15, 0.2) is 23.5 Å². The number of likely N-dealkylation sites (tertiary alicyclic amines) is 1. The van der Waals surface area contributed by atoms with Gasteiger partial charge in [-0.2, -0.15) is 0 Å². The van der Waals surface area contributed by atoms with E-state index in [1.807, 2.05) is 6.92 Å². The summed E-state index contributed by atoms with van der Waals surface area (Å²) in [7, 11) is 0. The Balaban J connectivity index is 1.92. The molecule has 1 fully saturated rings. The second-order valence-electron chi connectivity index (χ2n) is 6.49. The molecule has 1 aromatic heterocycles. The summed E-state index contributed by atoms with van der Waals surface area (Å²) in [4.78, 5) is 7.10. The van der Waals surface area contributed by atoms with Crippen LogP contribution in [-0.2, 0) is 13.0 Å². The third-order valence-corrected chi connectivity index (χ3v) is 4.23. The first kappa shape index (κ1) is 17.5. The zero-order valence-corrected chi connectivity index (χ0v) is 14.8. The number of aromatic nitrogens is 3. The van der Waals surface area contributed by atoms with Gasteiger partial charge in [0, 0.05) is 32.6 Å². The smallest absolute Gasteiger partial charge is 0.194 e. The number of aliphatic imine (C=N–C) groups is 1. The highest BCUT2D eigenvalue weighted by atomic mass is 15.3. The first-order chi connectivity index (χ1) is 11.1. The van der Waals surface area contributed by atoms with Crippen LogP contribution in [0.4, 0.5) is 0 Å². The molecular weight excluding hydrogens is 288 g/mol. The van der Waals surface area contributed by atoms with Gasteiger partial charge in [0.05, 0.1) is 6.54 Å². The van der Waals surface area contributed by atoms with Crippen molar-refractivity contribution in [2.75, 3.05) is 26.2 Å². The molecule has 0 saturated carbocycles. The first-order valence-electron chi connectivity index (χ1n) is 8.64. The number of guanidine groups is 1. The third kappa shape index (κ3) is 5.37. The van der Waals surface area contributed by atoms with Crippen molar-refractivity contribution in [2.45, 2.75) is 46.6 Å². The monoisotopic (exact) mass is 318 g/mol. The van der Waals surface area contributed by atoms with Gasteiger partial charge in [-0.1, -0.05) is 26.0 Å². The van der Waals surface area contributed by atoms with Crippen LogP contribution in [0.5, 0.6) is 0 Å². The van der Waals surface area contributed by atoms with Gasteiger partial charge in [0.15, 0.2) is 5.96 Å². The summed E-state index contributed by atoms with van der Waals surface area (Å²) in [5.41, 5.74) is 1.08. The van der Waals surface area contributed by atoms with Crippen LogP contribution in [0.2, 0.25) is 0 Å². The Morgan fingerprint density at radius 1 is 1.43 bits per heavy atom. The number of hydrogen-bond acceptors (Lipinski definition) is 3. The van der Waals surface area contributed by atoms with Gasteiger partial charge in [0.25, 0.3) is 0 Å². The zero-order valence-electron chi connectivity index (χ0n) is 14.8. The largest absolute Gasteiger partial charge is 0.354 e. The van der Waals surface area contributed by atoms with E-state index in [1.54, 1.807) is 6.33 Å². The average Bonchev–Trinajstić information content (AvgIpc) is 2.99. The van der Waals surface area contributed by atoms with Gasteiger partial charge >= 0.3 is 0 Å². The Bertz CT molecular complexity index is 525. The van der Waals surface area contributed by atoms with E-state index >= 15 is 0 Å². The van der Waals surface area contributed by atoms with Crippen molar-refractivity contribution < 1.29 is 0 Å². The highest BCUT2D eigenvalue weighted by Gasteiger charge is 2.18. The Labute approximate surface area is 139 Å². The van der Waals surface area contributed by atoms with Crippen LogP contribution >= 0.6 is 0 Å². The SMILES string of the molecule is C=C(C)CN=C(NCCn1cnnc1CC)N1CCC(C)CC1. The molecule has 1 aliphatic rings. The second kappa shape index (κ2) is 8.70. The molecule has 0 spiro atoms. The van der Waals surface area contributed by atoms with Gasteiger partial charge in [0.2, 0.25) is 0 Å². The predicted octanol–water partition coefficient (Wildman–Crippen LogP) is 2.09. The molecule has 0 bridgehead atoms. The first-order valence-corrected chi connectivity index (χ1v) is 8.64. The fourth-order valence-corrected chi connectivity index (χ4v) is 2.73. The lowest BCUT2D eigenvalue weighted by atomic mass is 10.00. The molecule has 6 nitrogen and oxygen atoms in total. The highest BCUT2D eigenvalue weighted by molar-refractivity contribution is 5.80. The minimum Gasteiger partial charge on any atom is -0.354 e. The van der Waals surface area contributed by atoms with Gasteiger partial charge in [-0.15, -0.1) is 10.2 Å². The Morgan fingerprint density at radius 2 is 2.17 bits per heavy atom. The molecular formula is C17H30N6. The van der Waals surface area contributed by atoms with E-state index in [-0.39, 0.29) is 0 Å². The van der Waals surface area contributed by atoms with Crippen molar-refractivity contribution in [3.63, 3.8) is 0 Å². The van der Waals surface area contributed by atoms with Gasteiger partial charge < -0.3 is 14.8 Å². The van der Waals surface area contributed by atoms with Gasteiger partial charge in [0.1, 0.15) is 12.2 Å². The van der Waals surface area contributed by atoms with E-state index < -0.39 is 0 Å². The van der Waals surface area contributed by atoms with Gasteiger partial charge in [-0.05, 0) is 25.7 Å². The fraction of sp³-hybridized carbons (Fsp3) is 0.706. The number of nitrogens with one attached hydrogen (secondary N) is 1. The lowest BCUT2D eigenvalue weighted by molar-refractivity contribution is 0.273. The topological polar surface area (TPSA) is 58.3 Å². The number of hydrogen-bond donors (Lipinski definition) is 1. The summed E-state index contributed by atoms with van der Waals surface area (Å²) < 4.78 is 2.10. The Hall–Kier alpha value is -1.85. The van der Waals surface area contributed by atoms with Gasteiger partial charge in [-0.25, -0.2) is 4.99 Å². The van der Waals surface area contributed by atoms with Gasteiger partial charge in [-0.3, -0.25) is 0 Å². The summed E-state index contributed by atoms with van der Waals surface area (Å²) in [6.45, 7) is 14.9. The minimum atomic E-state index is 0.682. The molecule has 2 heterocycles. The van der Waals surface area contributed by atoms with Crippen molar-refractivity contribution in [1.82, 2.24) is 25.0 Å². The van der Waals surface area contributed by atoms with Crippen molar-refractivity contribution in [3.05, 3.63) is 24.3 Å². The van der Waals surface area contributed by atoms with Crippen molar-refractivity contribution >= 4 is 5.96 Å². The van der Waals surface area contributed by atoms with Crippen LogP contribution in [-0.4, -0.2) is 51.8 Å². The average molecular weight is 318 g/mol. The molecule has 0 amide bonds. The number of aryl methyl sites for hydroxylation is 1. The van der Waals surface area contributed by atoms with Crippen LogP contribution in [0, 0.1) is 5.92 Å². The van der Waals surface area contributed by atoms with E-state index in [0.29, 0.717) is 6.54 Å². The van der Waals surface area contributed by atoms with Crippen LogP contribution in [0.3, 0.4) is 0 Å². The summed E-state index contributed by atoms with van der Waals surface area (Å²) in [6.07, 6.45) is 5.17. The quantitative estimate of drug-likeness (QED) is 0.496. The molecule has 1 N–H and O–H groups in total. The summed E-state index contributed by atoms with van der Waals surface area (Å²) in [5, 5.41) is 11.6. The zero-order chi connectivity index (χ0) is 16.7. The Kier molecular flexibility index (Phi) is 6.62. The number of piperidine rings is 1. The second-order valence-corrected chi connectivity index (χ2v) is 6.49. The maximum atomic E-state index is 4.72. The lowest BCUT2D eigenvalue weighted by Crippen LogP contribution is -2.46. The lowest BCUT2D eigenvalue weighted by Gasteiger charge is -2.33. The summed E-state index contributed by atoms with van der Waals surface area (Å²) >= 11 is 0. The number of rotatable bonds is 6.